The van der Waals surface area contributed by atoms with Crippen molar-refractivity contribution in [2.24, 2.45) is 0 Å². The number of pyridine rings is 1. The molecule has 1 aromatic rings. The zero-order valence-electron chi connectivity index (χ0n) is 9.71. The van der Waals surface area contributed by atoms with E-state index in [0.717, 1.165) is 19.4 Å². The van der Waals surface area contributed by atoms with Crippen molar-refractivity contribution in [3.63, 3.8) is 0 Å². The number of rotatable bonds is 5. The van der Waals surface area contributed by atoms with Gasteiger partial charge in [0.15, 0.2) is 12.4 Å². The topological polar surface area (TPSA) is 109 Å². The highest BCUT2D eigenvalue weighted by Gasteiger charge is 2.20. The van der Waals surface area contributed by atoms with E-state index in [-0.39, 0.29) is 17.2 Å². The van der Waals surface area contributed by atoms with Gasteiger partial charge in [-0.05, 0) is 6.92 Å². The van der Waals surface area contributed by atoms with E-state index >= 15 is 0 Å². The lowest BCUT2D eigenvalue weighted by atomic mass is 10.2. The van der Waals surface area contributed by atoms with Gasteiger partial charge in [-0.15, -0.1) is 0 Å². The maximum atomic E-state index is 11.1. The van der Waals surface area contributed by atoms with Crippen LogP contribution in [0, 0.1) is 10.1 Å². The van der Waals surface area contributed by atoms with Gasteiger partial charge in [-0.2, -0.15) is 0 Å². The SMILES string of the molecule is COC(=O)COc1ncc(C(C)=O)cc1[N+](=O)[O-]. The van der Waals surface area contributed by atoms with Crippen molar-refractivity contribution in [3.05, 3.63) is 27.9 Å². The first-order valence-electron chi connectivity index (χ1n) is 4.80. The van der Waals surface area contributed by atoms with Gasteiger partial charge < -0.3 is 9.47 Å². The monoisotopic (exact) mass is 254 g/mol. The molecule has 0 saturated carbocycles. The highest BCUT2D eigenvalue weighted by Crippen LogP contribution is 2.25. The molecule has 0 radical (unpaired) electrons. The standard InChI is InChI=1S/C10H10N2O6/c1-6(13)7-3-8(12(15)16)10(11-4-7)18-5-9(14)17-2/h3-4H,5H2,1-2H3. The minimum atomic E-state index is -0.744. The van der Waals surface area contributed by atoms with Crippen LogP contribution in [0.1, 0.15) is 17.3 Å². The third kappa shape index (κ3) is 3.24. The molecule has 1 aromatic heterocycles. The largest absolute Gasteiger partial charge is 0.466 e. The van der Waals surface area contributed by atoms with E-state index in [0.29, 0.717) is 0 Å². The Morgan fingerprint density at radius 2 is 2.17 bits per heavy atom. The maximum Gasteiger partial charge on any atom is 0.343 e. The minimum absolute atomic E-state index is 0.0899. The van der Waals surface area contributed by atoms with Crippen LogP contribution in [0.3, 0.4) is 0 Å². The highest BCUT2D eigenvalue weighted by molar-refractivity contribution is 5.94. The summed E-state index contributed by atoms with van der Waals surface area (Å²) in [6.07, 6.45) is 1.14. The molecule has 0 spiro atoms. The van der Waals surface area contributed by atoms with E-state index in [2.05, 4.69) is 9.72 Å². The van der Waals surface area contributed by atoms with Crippen LogP contribution in [0.15, 0.2) is 12.3 Å². The van der Waals surface area contributed by atoms with Crippen LogP contribution >= 0.6 is 0 Å². The first-order chi connectivity index (χ1) is 8.45. The van der Waals surface area contributed by atoms with Gasteiger partial charge in [0.05, 0.1) is 12.0 Å². The number of carbonyl (C=O) groups is 2. The first-order valence-corrected chi connectivity index (χ1v) is 4.80. The smallest absolute Gasteiger partial charge is 0.343 e. The maximum absolute atomic E-state index is 11.1. The zero-order chi connectivity index (χ0) is 13.7. The Kier molecular flexibility index (Phi) is 4.30. The van der Waals surface area contributed by atoms with Gasteiger partial charge in [0.2, 0.25) is 0 Å². The number of hydrogen-bond acceptors (Lipinski definition) is 7. The number of Topliss-reactive ketones (excluding diaryl/α,β-unsaturated/α-hetero) is 1. The van der Waals surface area contributed by atoms with Crippen LogP contribution in [0.4, 0.5) is 5.69 Å². The summed E-state index contributed by atoms with van der Waals surface area (Å²) in [6.45, 7) is 0.763. The van der Waals surface area contributed by atoms with E-state index < -0.39 is 23.2 Å². The molecule has 0 aliphatic rings. The fourth-order valence-electron chi connectivity index (χ4n) is 1.06. The molecule has 1 rings (SSSR count). The second-order valence-corrected chi connectivity index (χ2v) is 3.23. The Labute approximate surface area is 102 Å². The predicted molar refractivity (Wildman–Crippen MR) is 58.4 cm³/mol. The Hall–Kier alpha value is -2.51. The fourth-order valence-corrected chi connectivity index (χ4v) is 1.06. The molecule has 0 aliphatic carbocycles. The number of ether oxygens (including phenoxy) is 2. The normalized spacial score (nSPS) is 9.67. The van der Waals surface area contributed by atoms with Gasteiger partial charge in [0.25, 0.3) is 5.88 Å². The Morgan fingerprint density at radius 1 is 1.50 bits per heavy atom. The summed E-state index contributed by atoms with van der Waals surface area (Å²) >= 11 is 0. The second kappa shape index (κ2) is 5.71. The summed E-state index contributed by atoms with van der Waals surface area (Å²) in [5.74, 6) is -1.39. The molecular weight excluding hydrogens is 244 g/mol. The summed E-state index contributed by atoms with van der Waals surface area (Å²) in [5.41, 5.74) is -0.390. The lowest BCUT2D eigenvalue weighted by molar-refractivity contribution is -0.386. The predicted octanol–water partition coefficient (Wildman–Crippen LogP) is 0.744. The van der Waals surface area contributed by atoms with Gasteiger partial charge in [-0.1, -0.05) is 0 Å². The molecule has 0 aliphatic heterocycles. The van der Waals surface area contributed by atoms with Crippen molar-refractivity contribution >= 4 is 17.4 Å². The van der Waals surface area contributed by atoms with Crippen molar-refractivity contribution in [2.75, 3.05) is 13.7 Å². The average Bonchev–Trinajstić information content (AvgIpc) is 2.35. The van der Waals surface area contributed by atoms with Gasteiger partial charge in [-0.3, -0.25) is 14.9 Å². The zero-order valence-corrected chi connectivity index (χ0v) is 9.71. The Bertz CT molecular complexity index is 499. The molecular formula is C10H10N2O6. The fraction of sp³-hybridized carbons (Fsp3) is 0.300. The first kappa shape index (κ1) is 13.6. The molecule has 0 atom stereocenters. The Morgan fingerprint density at radius 3 is 2.67 bits per heavy atom. The van der Waals surface area contributed by atoms with Crippen molar-refractivity contribution in [2.45, 2.75) is 6.92 Å². The number of esters is 1. The molecule has 18 heavy (non-hydrogen) atoms. The molecule has 0 amide bonds. The van der Waals surface area contributed by atoms with Crippen molar-refractivity contribution in [3.8, 4) is 5.88 Å². The van der Waals surface area contributed by atoms with Crippen LogP contribution in [-0.4, -0.2) is 35.4 Å². The van der Waals surface area contributed by atoms with Crippen molar-refractivity contribution < 1.29 is 24.0 Å². The number of ketones is 1. The number of carbonyl (C=O) groups excluding carboxylic acids is 2. The second-order valence-electron chi connectivity index (χ2n) is 3.23. The molecule has 0 N–H and O–H groups in total. The van der Waals surface area contributed by atoms with Gasteiger partial charge >= 0.3 is 11.7 Å². The summed E-state index contributed by atoms with van der Waals surface area (Å²) < 4.78 is 9.17. The van der Waals surface area contributed by atoms with E-state index in [9.17, 15) is 19.7 Å². The lowest BCUT2D eigenvalue weighted by Crippen LogP contribution is -2.14. The van der Waals surface area contributed by atoms with Crippen LogP contribution in [0.25, 0.3) is 0 Å². The quantitative estimate of drug-likeness (QED) is 0.330. The van der Waals surface area contributed by atoms with E-state index in [1.54, 1.807) is 0 Å². The highest BCUT2D eigenvalue weighted by atomic mass is 16.6. The molecule has 0 aromatic carbocycles. The van der Waals surface area contributed by atoms with Crippen LogP contribution < -0.4 is 4.74 Å². The van der Waals surface area contributed by atoms with E-state index in [1.165, 1.54) is 6.92 Å². The summed E-state index contributed by atoms with van der Waals surface area (Å²) in [5, 5.41) is 10.8. The van der Waals surface area contributed by atoms with Gasteiger partial charge in [0.1, 0.15) is 0 Å². The Balaban J connectivity index is 3.00. The molecule has 8 heteroatoms. The molecule has 0 bridgehead atoms. The molecule has 96 valence electrons. The van der Waals surface area contributed by atoms with Gasteiger partial charge in [-0.25, -0.2) is 9.78 Å². The van der Waals surface area contributed by atoms with Crippen molar-refractivity contribution in [1.29, 1.82) is 0 Å². The number of nitro groups is 1. The third-order valence-electron chi connectivity index (χ3n) is 1.99. The van der Waals surface area contributed by atoms with Crippen LogP contribution in [-0.2, 0) is 9.53 Å². The van der Waals surface area contributed by atoms with Crippen LogP contribution in [0.5, 0.6) is 5.88 Å². The molecule has 0 unspecified atom stereocenters. The number of aromatic nitrogens is 1. The number of methoxy groups -OCH3 is 1. The average molecular weight is 254 g/mol. The summed E-state index contributed by atoms with van der Waals surface area (Å²) in [4.78, 5) is 35.6. The number of hydrogen-bond donors (Lipinski definition) is 0. The van der Waals surface area contributed by atoms with Crippen molar-refractivity contribution in [1.82, 2.24) is 4.98 Å². The van der Waals surface area contributed by atoms with E-state index in [4.69, 9.17) is 4.74 Å². The molecule has 1 heterocycles. The molecule has 8 nitrogen and oxygen atoms in total. The molecule has 0 saturated heterocycles. The van der Waals surface area contributed by atoms with Gasteiger partial charge in [0, 0.05) is 17.8 Å². The number of nitrogens with zero attached hydrogens (tertiary/aromatic N) is 2. The summed E-state index contributed by atoms with van der Waals surface area (Å²) in [6, 6.07) is 1.04. The summed E-state index contributed by atoms with van der Waals surface area (Å²) in [7, 11) is 1.16. The lowest BCUT2D eigenvalue weighted by Gasteiger charge is -2.05. The van der Waals surface area contributed by atoms with E-state index in [1.807, 2.05) is 0 Å². The van der Waals surface area contributed by atoms with Crippen LogP contribution in [0.2, 0.25) is 0 Å². The minimum Gasteiger partial charge on any atom is -0.466 e. The third-order valence-corrected chi connectivity index (χ3v) is 1.99. The molecule has 0 fully saturated rings.